The number of fused-ring (bicyclic) bond motifs is 4. The number of hydrogen-bond donors (Lipinski definition) is 2. The predicted molar refractivity (Wildman–Crippen MR) is 91.7 cm³/mol. The van der Waals surface area contributed by atoms with Gasteiger partial charge >= 0.3 is 0 Å². The number of quaternary nitrogens is 1. The standard InChI is InChI=1S/C18H20ClN3O3/c1-8-12-13(15(24)22(14(12)23)17(2,3)4)18(21-8)10-7-9(19)5-6-11(10)20-16(18)25/h5-8,12-13,21H,1-4H3,(H,20,25)/p+1/t8-,12+,13-,18-/m0/s1. The topological polar surface area (TPSA) is 83.1 Å². The highest BCUT2D eigenvalue weighted by Crippen LogP contribution is 2.50. The summed E-state index contributed by atoms with van der Waals surface area (Å²) in [7, 11) is 0. The molecule has 0 aromatic heterocycles. The second kappa shape index (κ2) is 4.83. The van der Waals surface area contributed by atoms with Gasteiger partial charge in [0.25, 0.3) is 5.91 Å². The third kappa shape index (κ3) is 1.92. The molecule has 4 rings (SSSR count). The van der Waals surface area contributed by atoms with Crippen molar-refractivity contribution in [1.82, 2.24) is 4.90 Å². The van der Waals surface area contributed by atoms with Gasteiger partial charge in [-0.25, -0.2) is 0 Å². The number of hydrogen-bond acceptors (Lipinski definition) is 3. The quantitative estimate of drug-likeness (QED) is 0.671. The molecule has 0 unspecified atom stereocenters. The van der Waals surface area contributed by atoms with Crippen molar-refractivity contribution < 1.29 is 19.7 Å². The molecule has 1 aromatic carbocycles. The summed E-state index contributed by atoms with van der Waals surface area (Å²) in [6, 6.07) is 5.01. The number of nitrogens with one attached hydrogen (secondary N) is 1. The van der Waals surface area contributed by atoms with Crippen LogP contribution >= 0.6 is 11.6 Å². The van der Waals surface area contributed by atoms with E-state index in [0.29, 0.717) is 16.3 Å². The van der Waals surface area contributed by atoms with E-state index in [0.717, 1.165) is 0 Å². The molecule has 1 aromatic rings. The van der Waals surface area contributed by atoms with E-state index in [1.807, 2.05) is 33.0 Å². The Bertz CT molecular complexity index is 831. The highest BCUT2D eigenvalue weighted by atomic mass is 35.5. The van der Waals surface area contributed by atoms with Gasteiger partial charge in [-0.1, -0.05) is 11.6 Å². The highest BCUT2D eigenvalue weighted by molar-refractivity contribution is 6.31. The third-order valence-corrected chi connectivity index (χ3v) is 5.89. The molecular formula is C18H21ClN3O3+. The van der Waals surface area contributed by atoms with Gasteiger partial charge in [0, 0.05) is 16.1 Å². The van der Waals surface area contributed by atoms with Crippen LogP contribution in [0.2, 0.25) is 5.02 Å². The largest absolute Gasteiger partial charge is 0.326 e. The molecule has 2 fully saturated rings. The number of amides is 3. The molecular weight excluding hydrogens is 342 g/mol. The third-order valence-electron chi connectivity index (χ3n) is 5.66. The molecule has 3 aliphatic heterocycles. The Morgan fingerprint density at radius 2 is 1.88 bits per heavy atom. The van der Waals surface area contributed by atoms with Gasteiger partial charge in [0.05, 0.1) is 11.7 Å². The molecule has 0 aliphatic carbocycles. The van der Waals surface area contributed by atoms with Gasteiger partial charge < -0.3 is 10.6 Å². The molecule has 2 saturated heterocycles. The van der Waals surface area contributed by atoms with Crippen LogP contribution in [0.1, 0.15) is 33.3 Å². The van der Waals surface area contributed by atoms with E-state index in [4.69, 9.17) is 11.6 Å². The summed E-state index contributed by atoms with van der Waals surface area (Å²) in [5.41, 5.74) is -0.392. The van der Waals surface area contributed by atoms with Crippen molar-refractivity contribution in [1.29, 1.82) is 0 Å². The van der Waals surface area contributed by atoms with Crippen LogP contribution in [0, 0.1) is 11.8 Å². The second-order valence-corrected chi connectivity index (χ2v) is 8.66. The van der Waals surface area contributed by atoms with Crippen LogP contribution in [0.3, 0.4) is 0 Å². The van der Waals surface area contributed by atoms with Crippen LogP contribution in [0.5, 0.6) is 0 Å². The van der Waals surface area contributed by atoms with E-state index < -0.39 is 22.9 Å². The number of imide groups is 1. The smallest absolute Gasteiger partial charge is 0.291 e. The van der Waals surface area contributed by atoms with Crippen LogP contribution in [0.4, 0.5) is 5.69 Å². The number of nitrogens with zero attached hydrogens (tertiary/aromatic N) is 1. The molecule has 25 heavy (non-hydrogen) atoms. The Kier molecular flexibility index (Phi) is 3.19. The van der Waals surface area contributed by atoms with E-state index in [1.165, 1.54) is 4.90 Å². The monoisotopic (exact) mass is 362 g/mol. The van der Waals surface area contributed by atoms with Gasteiger partial charge in [-0.05, 0) is 45.9 Å². The maximum Gasteiger partial charge on any atom is 0.291 e. The summed E-state index contributed by atoms with van der Waals surface area (Å²) in [6.07, 6.45) is 0. The van der Waals surface area contributed by atoms with Crippen molar-refractivity contribution in [3.63, 3.8) is 0 Å². The molecule has 0 radical (unpaired) electrons. The molecule has 3 aliphatic rings. The summed E-state index contributed by atoms with van der Waals surface area (Å²) >= 11 is 6.16. The summed E-state index contributed by atoms with van der Waals surface area (Å²) in [6.45, 7) is 7.42. The summed E-state index contributed by atoms with van der Waals surface area (Å²) < 4.78 is 0. The van der Waals surface area contributed by atoms with E-state index in [9.17, 15) is 14.4 Å². The number of carbonyl (C=O) groups excluding carboxylic acids is 3. The Morgan fingerprint density at radius 1 is 1.20 bits per heavy atom. The number of anilines is 1. The molecule has 6 nitrogen and oxygen atoms in total. The molecule has 4 atom stereocenters. The minimum absolute atomic E-state index is 0.176. The van der Waals surface area contributed by atoms with Gasteiger partial charge in [0.15, 0.2) is 0 Å². The molecule has 1 spiro atoms. The van der Waals surface area contributed by atoms with Crippen molar-refractivity contribution in [2.24, 2.45) is 11.8 Å². The number of benzene rings is 1. The van der Waals surface area contributed by atoms with E-state index in [2.05, 4.69) is 5.32 Å². The zero-order chi connectivity index (χ0) is 18.3. The van der Waals surface area contributed by atoms with Crippen molar-refractivity contribution >= 4 is 35.0 Å². The normalized spacial score (nSPS) is 33.9. The lowest BCUT2D eigenvalue weighted by Gasteiger charge is -2.33. The average molecular weight is 363 g/mol. The molecule has 0 bridgehead atoms. The van der Waals surface area contributed by atoms with Crippen LogP contribution in [-0.2, 0) is 19.9 Å². The minimum atomic E-state index is -1.13. The highest BCUT2D eigenvalue weighted by Gasteiger charge is 2.74. The Labute approximate surface area is 150 Å². The van der Waals surface area contributed by atoms with Gasteiger partial charge in [-0.3, -0.25) is 19.3 Å². The van der Waals surface area contributed by atoms with Gasteiger partial charge in [0.1, 0.15) is 11.8 Å². The predicted octanol–water partition coefficient (Wildman–Crippen LogP) is 0.853. The molecule has 3 heterocycles. The summed E-state index contributed by atoms with van der Waals surface area (Å²) in [4.78, 5) is 40.6. The number of rotatable bonds is 0. The molecule has 0 saturated carbocycles. The maximum atomic E-state index is 13.3. The first-order valence-corrected chi connectivity index (χ1v) is 8.82. The lowest BCUT2D eigenvalue weighted by Crippen LogP contribution is -2.98. The van der Waals surface area contributed by atoms with E-state index >= 15 is 0 Å². The Balaban J connectivity index is 1.92. The lowest BCUT2D eigenvalue weighted by molar-refractivity contribution is -0.730. The van der Waals surface area contributed by atoms with Gasteiger partial charge in [0.2, 0.25) is 17.4 Å². The first-order chi connectivity index (χ1) is 11.6. The van der Waals surface area contributed by atoms with Crippen molar-refractivity contribution in [2.45, 2.75) is 44.8 Å². The van der Waals surface area contributed by atoms with Gasteiger partial charge in [-0.2, -0.15) is 0 Å². The average Bonchev–Trinajstić information content (AvgIpc) is 3.04. The van der Waals surface area contributed by atoms with E-state index in [-0.39, 0.29) is 23.8 Å². The van der Waals surface area contributed by atoms with Crippen LogP contribution in [-0.4, -0.2) is 34.2 Å². The maximum absolute atomic E-state index is 13.3. The fourth-order valence-electron chi connectivity index (χ4n) is 4.77. The first kappa shape index (κ1) is 16.5. The van der Waals surface area contributed by atoms with E-state index in [1.54, 1.807) is 18.2 Å². The number of halogens is 1. The Morgan fingerprint density at radius 3 is 2.52 bits per heavy atom. The molecule has 7 heteroatoms. The number of likely N-dealkylation sites (tertiary alicyclic amines) is 1. The number of nitrogens with two attached hydrogens (primary N) is 1. The first-order valence-electron chi connectivity index (χ1n) is 8.44. The molecule has 3 N–H and O–H groups in total. The van der Waals surface area contributed by atoms with Crippen molar-refractivity contribution in [2.75, 3.05) is 5.32 Å². The molecule has 132 valence electrons. The summed E-state index contributed by atoms with van der Waals surface area (Å²) in [5.74, 6) is -1.94. The van der Waals surface area contributed by atoms with Crippen LogP contribution in [0.15, 0.2) is 18.2 Å². The van der Waals surface area contributed by atoms with Crippen LogP contribution < -0.4 is 10.6 Å². The minimum Gasteiger partial charge on any atom is -0.326 e. The van der Waals surface area contributed by atoms with Crippen molar-refractivity contribution in [3.8, 4) is 0 Å². The zero-order valence-electron chi connectivity index (χ0n) is 14.6. The summed E-state index contributed by atoms with van der Waals surface area (Å²) in [5, 5.41) is 5.24. The van der Waals surface area contributed by atoms with Gasteiger partial charge in [-0.15, -0.1) is 0 Å². The fraction of sp³-hybridized carbons (Fsp3) is 0.500. The lowest BCUT2D eigenvalue weighted by atomic mass is 9.76. The Hall–Kier alpha value is -1.92. The second-order valence-electron chi connectivity index (χ2n) is 8.22. The molecule has 3 amide bonds. The number of carbonyl (C=O) groups is 3. The van der Waals surface area contributed by atoms with Crippen molar-refractivity contribution in [3.05, 3.63) is 28.8 Å². The zero-order valence-corrected chi connectivity index (χ0v) is 15.3. The van der Waals surface area contributed by atoms with Crippen LogP contribution in [0.25, 0.3) is 0 Å². The SMILES string of the molecule is C[C@@H]1[NH2+][C@]2(C(=O)Nc3ccc(Cl)cc32)[C@@H]2C(=O)N(C(C)(C)C)C(=O)[C@H]12. The fourth-order valence-corrected chi connectivity index (χ4v) is 4.94.